The Hall–Kier alpha value is -1.77. The average Bonchev–Trinajstić information content (AvgIpc) is 2.91. The van der Waals surface area contributed by atoms with Gasteiger partial charge in [0.25, 0.3) is 5.56 Å². The molecular weight excluding hydrogens is 352 g/mol. The Kier molecular flexibility index (Phi) is 5.60. The molecule has 1 fully saturated rings. The van der Waals surface area contributed by atoms with Crippen LogP contribution in [0.15, 0.2) is 28.4 Å². The zero-order valence-corrected chi connectivity index (χ0v) is 17.3. The Morgan fingerprint density at radius 2 is 2.04 bits per heavy atom. The van der Waals surface area contributed by atoms with Gasteiger partial charge in [0.15, 0.2) is 14.1 Å². The van der Waals surface area contributed by atoms with Crippen LogP contribution in [-0.4, -0.2) is 35.9 Å². The molecule has 1 aliphatic heterocycles. The number of nitrogens with one attached hydrogen (secondary N) is 1. The SMILES string of the molecule is C=CC(=O)[C@H]1O[C@@H](n2cc(C)c(=O)[nH]c2=O)C[C@@H]1O[Si](C)(C)C(C)(C)C. The summed E-state index contributed by atoms with van der Waals surface area (Å²) in [6.07, 6.45) is 1.06. The quantitative estimate of drug-likeness (QED) is 0.625. The van der Waals surface area contributed by atoms with Gasteiger partial charge in [0, 0.05) is 18.2 Å². The highest BCUT2D eigenvalue weighted by Gasteiger charge is 2.47. The minimum absolute atomic E-state index is 0.0295. The van der Waals surface area contributed by atoms with Crippen molar-refractivity contribution in [2.75, 3.05) is 0 Å². The van der Waals surface area contributed by atoms with Crippen LogP contribution in [0.3, 0.4) is 0 Å². The molecule has 3 atom stereocenters. The number of aromatic nitrogens is 2. The van der Waals surface area contributed by atoms with Crippen LogP contribution in [0.5, 0.6) is 0 Å². The highest BCUT2D eigenvalue weighted by Crippen LogP contribution is 2.41. The van der Waals surface area contributed by atoms with E-state index in [-0.39, 0.29) is 10.8 Å². The maximum Gasteiger partial charge on any atom is 0.330 e. The second-order valence-electron chi connectivity index (χ2n) is 8.25. The normalized spacial score (nSPS) is 23.8. The topological polar surface area (TPSA) is 90.4 Å². The van der Waals surface area contributed by atoms with Crippen molar-refractivity contribution in [3.05, 3.63) is 45.3 Å². The molecule has 1 N–H and O–H groups in total. The van der Waals surface area contributed by atoms with Crippen LogP contribution in [0.4, 0.5) is 0 Å². The Morgan fingerprint density at radius 3 is 2.58 bits per heavy atom. The summed E-state index contributed by atoms with van der Waals surface area (Å²) in [7, 11) is -2.15. The maximum absolute atomic E-state index is 12.3. The van der Waals surface area contributed by atoms with Crippen molar-refractivity contribution in [1.82, 2.24) is 9.55 Å². The average molecular weight is 381 g/mol. The van der Waals surface area contributed by atoms with E-state index in [0.717, 1.165) is 0 Å². The molecule has 1 aliphatic rings. The molecule has 2 rings (SSSR count). The Morgan fingerprint density at radius 1 is 1.42 bits per heavy atom. The predicted octanol–water partition coefficient (Wildman–Crippen LogP) is 2.28. The third kappa shape index (κ3) is 3.97. The van der Waals surface area contributed by atoms with Crippen molar-refractivity contribution >= 4 is 14.1 Å². The van der Waals surface area contributed by atoms with E-state index in [1.54, 1.807) is 6.92 Å². The van der Waals surface area contributed by atoms with Crippen molar-refractivity contribution in [3.8, 4) is 0 Å². The van der Waals surface area contributed by atoms with Crippen molar-refractivity contribution in [2.45, 2.75) is 70.7 Å². The van der Waals surface area contributed by atoms with Gasteiger partial charge in [-0.25, -0.2) is 4.79 Å². The molecule has 0 spiro atoms. The van der Waals surface area contributed by atoms with E-state index in [1.165, 1.54) is 16.8 Å². The van der Waals surface area contributed by atoms with Crippen LogP contribution >= 0.6 is 0 Å². The zero-order chi connectivity index (χ0) is 19.9. The van der Waals surface area contributed by atoms with E-state index in [0.29, 0.717) is 12.0 Å². The lowest BCUT2D eigenvalue weighted by atomic mass is 10.1. The highest BCUT2D eigenvalue weighted by atomic mass is 28.4. The van der Waals surface area contributed by atoms with Crippen molar-refractivity contribution in [1.29, 1.82) is 0 Å². The fraction of sp³-hybridized carbons (Fsp3) is 0.611. The summed E-state index contributed by atoms with van der Waals surface area (Å²) in [5, 5.41) is -0.0295. The van der Waals surface area contributed by atoms with Crippen molar-refractivity contribution in [3.63, 3.8) is 0 Å². The van der Waals surface area contributed by atoms with Gasteiger partial charge in [0.2, 0.25) is 0 Å². The molecule has 2 heterocycles. The fourth-order valence-electron chi connectivity index (χ4n) is 2.65. The molecule has 1 aromatic rings. The number of carbonyl (C=O) groups excluding carboxylic acids is 1. The lowest BCUT2D eigenvalue weighted by Crippen LogP contribution is -2.47. The van der Waals surface area contributed by atoms with E-state index < -0.39 is 38.0 Å². The van der Waals surface area contributed by atoms with Gasteiger partial charge in [-0.1, -0.05) is 27.4 Å². The number of aromatic amines is 1. The van der Waals surface area contributed by atoms with Crippen LogP contribution in [0.2, 0.25) is 18.1 Å². The number of hydrogen-bond donors (Lipinski definition) is 1. The van der Waals surface area contributed by atoms with Crippen molar-refractivity contribution < 1.29 is 14.0 Å². The standard InChI is InChI=1S/C18H28N2O5Si/c1-8-12(21)15-13(25-26(6,7)18(3,4)5)9-14(24-15)20-10-11(2)16(22)19-17(20)23/h8,10,13-15H,1,9H2,2-7H3,(H,19,22,23)/t13-,14+,15+/m0/s1. The largest absolute Gasteiger partial charge is 0.411 e. The number of ketones is 1. The summed E-state index contributed by atoms with van der Waals surface area (Å²) < 4.78 is 13.6. The van der Waals surface area contributed by atoms with E-state index >= 15 is 0 Å². The van der Waals surface area contributed by atoms with E-state index in [9.17, 15) is 14.4 Å². The predicted molar refractivity (Wildman–Crippen MR) is 102 cm³/mol. The molecule has 0 saturated carbocycles. The first kappa shape index (κ1) is 20.5. The van der Waals surface area contributed by atoms with Gasteiger partial charge in [-0.15, -0.1) is 0 Å². The Labute approximate surface area is 154 Å². The Bertz CT molecular complexity index is 818. The second kappa shape index (κ2) is 7.09. The number of aryl methyl sites for hydroxylation is 1. The molecular formula is C18H28N2O5Si. The van der Waals surface area contributed by atoms with E-state index in [1.807, 2.05) is 0 Å². The summed E-state index contributed by atoms with van der Waals surface area (Å²) in [6.45, 7) is 15.7. The minimum Gasteiger partial charge on any atom is -0.411 e. The van der Waals surface area contributed by atoms with E-state index in [4.69, 9.17) is 9.16 Å². The van der Waals surface area contributed by atoms with Crippen molar-refractivity contribution in [2.24, 2.45) is 0 Å². The molecule has 0 aliphatic carbocycles. The minimum atomic E-state index is -2.15. The maximum atomic E-state index is 12.3. The molecule has 8 heteroatoms. The van der Waals surface area contributed by atoms with Crippen LogP contribution in [0.25, 0.3) is 0 Å². The zero-order valence-electron chi connectivity index (χ0n) is 16.3. The molecule has 1 aromatic heterocycles. The number of ether oxygens (including phenoxy) is 1. The van der Waals surface area contributed by atoms with Gasteiger partial charge < -0.3 is 9.16 Å². The molecule has 0 aromatic carbocycles. The summed E-state index contributed by atoms with van der Waals surface area (Å²) in [6, 6.07) is 0. The van der Waals surface area contributed by atoms with Gasteiger partial charge >= 0.3 is 5.69 Å². The van der Waals surface area contributed by atoms with Gasteiger partial charge in [-0.05, 0) is 31.1 Å². The number of H-pyrrole nitrogens is 1. The molecule has 0 amide bonds. The van der Waals surface area contributed by atoms with Gasteiger partial charge in [0.1, 0.15) is 12.3 Å². The summed E-state index contributed by atoms with van der Waals surface area (Å²) in [5.41, 5.74) is -0.603. The number of carbonyl (C=O) groups is 1. The first-order chi connectivity index (χ1) is 11.9. The van der Waals surface area contributed by atoms with E-state index in [2.05, 4.69) is 45.4 Å². The number of rotatable bonds is 5. The third-order valence-corrected chi connectivity index (χ3v) is 9.77. The smallest absolute Gasteiger partial charge is 0.330 e. The molecule has 144 valence electrons. The molecule has 0 unspecified atom stereocenters. The third-order valence-electron chi connectivity index (χ3n) is 5.27. The highest BCUT2D eigenvalue weighted by molar-refractivity contribution is 6.74. The number of nitrogens with zero attached hydrogens (tertiary/aromatic N) is 1. The first-order valence-electron chi connectivity index (χ1n) is 8.69. The van der Waals surface area contributed by atoms with Crippen LogP contribution in [0, 0.1) is 6.92 Å². The van der Waals surface area contributed by atoms with Crippen LogP contribution < -0.4 is 11.2 Å². The summed E-state index contributed by atoms with van der Waals surface area (Å²) >= 11 is 0. The van der Waals surface area contributed by atoms with Gasteiger partial charge in [-0.3, -0.25) is 19.1 Å². The molecule has 0 bridgehead atoms. The molecule has 0 radical (unpaired) electrons. The number of hydrogen-bond acceptors (Lipinski definition) is 5. The summed E-state index contributed by atoms with van der Waals surface area (Å²) in [4.78, 5) is 38.3. The van der Waals surface area contributed by atoms with Gasteiger partial charge in [0.05, 0.1) is 6.10 Å². The monoisotopic (exact) mass is 380 g/mol. The van der Waals surface area contributed by atoms with Crippen LogP contribution in [0.1, 0.15) is 39.0 Å². The molecule has 7 nitrogen and oxygen atoms in total. The van der Waals surface area contributed by atoms with Gasteiger partial charge in [-0.2, -0.15) is 0 Å². The fourth-order valence-corrected chi connectivity index (χ4v) is 3.98. The lowest BCUT2D eigenvalue weighted by molar-refractivity contribution is -0.130. The second-order valence-corrected chi connectivity index (χ2v) is 13.0. The summed E-state index contributed by atoms with van der Waals surface area (Å²) in [5.74, 6) is -0.273. The Balaban J connectivity index is 2.36. The lowest BCUT2D eigenvalue weighted by Gasteiger charge is -2.39. The molecule has 26 heavy (non-hydrogen) atoms. The first-order valence-corrected chi connectivity index (χ1v) is 11.6. The van der Waals surface area contributed by atoms with Crippen LogP contribution in [-0.2, 0) is 14.0 Å². The molecule has 1 saturated heterocycles.